The lowest BCUT2D eigenvalue weighted by molar-refractivity contribution is 0.859. The number of benzene rings is 2. The molecule has 0 aliphatic heterocycles. The van der Waals surface area contributed by atoms with Crippen LogP contribution in [0.5, 0.6) is 0 Å². The Labute approximate surface area is 151 Å². The third-order valence-corrected chi connectivity index (χ3v) is 4.08. The van der Waals surface area contributed by atoms with Crippen LogP contribution in [0.3, 0.4) is 0 Å². The van der Waals surface area contributed by atoms with Crippen molar-refractivity contribution in [2.75, 3.05) is 11.1 Å². The molecule has 0 aliphatic carbocycles. The van der Waals surface area contributed by atoms with Gasteiger partial charge in [-0.1, -0.05) is 42.5 Å². The molecule has 0 amide bonds. The van der Waals surface area contributed by atoms with Gasteiger partial charge in [-0.3, -0.25) is 0 Å². The van der Waals surface area contributed by atoms with Crippen LogP contribution in [-0.4, -0.2) is 19.7 Å². The summed E-state index contributed by atoms with van der Waals surface area (Å²) in [5, 5.41) is 7.63. The molecular weight excluding hydrogens is 324 g/mol. The van der Waals surface area contributed by atoms with Gasteiger partial charge in [-0.05, 0) is 47.9 Å². The Morgan fingerprint density at radius 1 is 0.923 bits per heavy atom. The van der Waals surface area contributed by atoms with Gasteiger partial charge in [-0.25, -0.2) is 4.98 Å². The van der Waals surface area contributed by atoms with Crippen molar-refractivity contribution in [1.29, 1.82) is 0 Å². The first kappa shape index (κ1) is 15.8. The van der Waals surface area contributed by atoms with Gasteiger partial charge in [-0.2, -0.15) is 9.67 Å². The summed E-state index contributed by atoms with van der Waals surface area (Å²) in [6.07, 6.45) is 1.69. The molecular formula is C20H18N6. The standard InChI is InChI=1S/C20H18N6/c1-14-13-16(15-7-3-2-4-8-15)10-11-17(14)23-20-24-19(21)26(25-20)18-9-5-6-12-22-18/h2-13H,1H3,(H3,21,23,24,25). The van der Waals surface area contributed by atoms with Gasteiger partial charge < -0.3 is 11.1 Å². The van der Waals surface area contributed by atoms with E-state index in [4.69, 9.17) is 5.73 Å². The maximum absolute atomic E-state index is 5.97. The first-order valence-electron chi connectivity index (χ1n) is 8.28. The molecule has 6 heteroatoms. The number of rotatable bonds is 4. The Morgan fingerprint density at radius 3 is 2.46 bits per heavy atom. The van der Waals surface area contributed by atoms with E-state index in [1.807, 2.05) is 49.4 Å². The minimum Gasteiger partial charge on any atom is -0.368 e. The summed E-state index contributed by atoms with van der Waals surface area (Å²) < 4.78 is 1.51. The smallest absolute Gasteiger partial charge is 0.248 e. The van der Waals surface area contributed by atoms with Crippen LogP contribution in [0.2, 0.25) is 0 Å². The van der Waals surface area contributed by atoms with Gasteiger partial charge in [0, 0.05) is 11.9 Å². The molecule has 26 heavy (non-hydrogen) atoms. The number of hydrogen-bond acceptors (Lipinski definition) is 5. The maximum atomic E-state index is 5.97. The molecule has 2 aromatic heterocycles. The Kier molecular flexibility index (Phi) is 4.07. The summed E-state index contributed by atoms with van der Waals surface area (Å²) in [5.41, 5.74) is 10.4. The van der Waals surface area contributed by atoms with Crippen molar-refractivity contribution < 1.29 is 0 Å². The summed E-state index contributed by atoms with van der Waals surface area (Å²) in [6.45, 7) is 2.05. The fourth-order valence-electron chi connectivity index (χ4n) is 2.76. The Hall–Kier alpha value is -3.67. The van der Waals surface area contributed by atoms with Crippen LogP contribution in [0.1, 0.15) is 5.56 Å². The van der Waals surface area contributed by atoms with E-state index in [0.717, 1.165) is 11.3 Å². The zero-order valence-electron chi connectivity index (χ0n) is 14.3. The van der Waals surface area contributed by atoms with Gasteiger partial charge in [0.25, 0.3) is 0 Å². The largest absolute Gasteiger partial charge is 0.368 e. The highest BCUT2D eigenvalue weighted by Gasteiger charge is 2.11. The van der Waals surface area contributed by atoms with Crippen LogP contribution < -0.4 is 11.1 Å². The summed E-state index contributed by atoms with van der Waals surface area (Å²) in [4.78, 5) is 8.53. The fourth-order valence-corrected chi connectivity index (χ4v) is 2.76. The minimum atomic E-state index is 0.282. The molecule has 0 aliphatic rings. The third kappa shape index (κ3) is 3.12. The fraction of sp³-hybridized carbons (Fsp3) is 0.0500. The number of nitrogens with two attached hydrogens (primary N) is 1. The SMILES string of the molecule is Cc1cc(-c2ccccc2)ccc1Nc1nc(N)n(-c2ccccn2)n1. The van der Waals surface area contributed by atoms with Crippen molar-refractivity contribution in [3.05, 3.63) is 78.5 Å². The quantitative estimate of drug-likeness (QED) is 0.586. The molecule has 0 unspecified atom stereocenters. The van der Waals surface area contributed by atoms with E-state index in [0.29, 0.717) is 11.8 Å². The van der Waals surface area contributed by atoms with Crippen molar-refractivity contribution in [2.24, 2.45) is 0 Å². The second-order valence-electron chi connectivity index (χ2n) is 5.91. The highest BCUT2D eigenvalue weighted by molar-refractivity contribution is 5.70. The molecule has 2 heterocycles. The number of nitrogen functional groups attached to an aromatic ring is 1. The molecule has 0 fully saturated rings. The highest BCUT2D eigenvalue weighted by Crippen LogP contribution is 2.26. The summed E-state index contributed by atoms with van der Waals surface area (Å²) >= 11 is 0. The van der Waals surface area contributed by atoms with Gasteiger partial charge >= 0.3 is 0 Å². The minimum absolute atomic E-state index is 0.282. The second-order valence-corrected chi connectivity index (χ2v) is 5.91. The third-order valence-electron chi connectivity index (χ3n) is 4.08. The van der Waals surface area contributed by atoms with Crippen molar-refractivity contribution in [1.82, 2.24) is 19.7 Å². The van der Waals surface area contributed by atoms with E-state index < -0.39 is 0 Å². The molecule has 0 bridgehead atoms. The summed E-state index contributed by atoms with van der Waals surface area (Å²) in [5.74, 6) is 1.34. The molecule has 4 aromatic rings. The van der Waals surface area contributed by atoms with E-state index in [-0.39, 0.29) is 5.95 Å². The molecule has 2 aromatic carbocycles. The monoisotopic (exact) mass is 342 g/mol. The van der Waals surface area contributed by atoms with Crippen LogP contribution in [0.15, 0.2) is 72.9 Å². The van der Waals surface area contributed by atoms with Crippen molar-refractivity contribution >= 4 is 17.6 Å². The Bertz CT molecular complexity index is 1020. The van der Waals surface area contributed by atoms with Crippen molar-refractivity contribution in [2.45, 2.75) is 6.92 Å². The van der Waals surface area contributed by atoms with Crippen molar-refractivity contribution in [3.63, 3.8) is 0 Å². The number of aryl methyl sites for hydroxylation is 1. The predicted octanol–water partition coefficient (Wildman–Crippen LogP) is 3.96. The molecule has 0 saturated heterocycles. The number of aromatic nitrogens is 4. The summed E-state index contributed by atoms with van der Waals surface area (Å²) in [7, 11) is 0. The van der Waals surface area contributed by atoms with Gasteiger partial charge in [-0.15, -0.1) is 5.10 Å². The molecule has 0 saturated carbocycles. The second kappa shape index (κ2) is 6.68. The van der Waals surface area contributed by atoms with Crippen LogP contribution >= 0.6 is 0 Å². The summed E-state index contributed by atoms with van der Waals surface area (Å²) in [6, 6.07) is 22.1. The number of hydrogen-bond donors (Lipinski definition) is 2. The van der Waals surface area contributed by atoms with E-state index in [1.165, 1.54) is 15.8 Å². The zero-order chi connectivity index (χ0) is 17.9. The van der Waals surface area contributed by atoms with Crippen LogP contribution in [0, 0.1) is 6.92 Å². The van der Waals surface area contributed by atoms with E-state index in [1.54, 1.807) is 6.20 Å². The molecule has 4 rings (SSSR count). The van der Waals surface area contributed by atoms with Gasteiger partial charge in [0.15, 0.2) is 5.82 Å². The van der Waals surface area contributed by atoms with Crippen LogP contribution in [-0.2, 0) is 0 Å². The van der Waals surface area contributed by atoms with Gasteiger partial charge in [0.2, 0.25) is 11.9 Å². The van der Waals surface area contributed by atoms with E-state index >= 15 is 0 Å². The predicted molar refractivity (Wildman–Crippen MR) is 103 cm³/mol. The number of pyridine rings is 1. The lowest BCUT2D eigenvalue weighted by Gasteiger charge is -2.09. The zero-order valence-corrected chi connectivity index (χ0v) is 14.3. The maximum Gasteiger partial charge on any atom is 0.248 e. The molecule has 0 radical (unpaired) electrons. The molecule has 6 nitrogen and oxygen atoms in total. The van der Waals surface area contributed by atoms with Crippen molar-refractivity contribution in [3.8, 4) is 16.9 Å². The molecule has 128 valence electrons. The molecule has 0 atom stereocenters. The van der Waals surface area contributed by atoms with Gasteiger partial charge in [0.05, 0.1) is 0 Å². The normalized spacial score (nSPS) is 10.7. The number of nitrogens with zero attached hydrogens (tertiary/aromatic N) is 4. The van der Waals surface area contributed by atoms with Gasteiger partial charge in [0.1, 0.15) is 0 Å². The van der Waals surface area contributed by atoms with E-state index in [9.17, 15) is 0 Å². The first-order valence-corrected chi connectivity index (χ1v) is 8.28. The lowest BCUT2D eigenvalue weighted by atomic mass is 10.0. The first-order chi connectivity index (χ1) is 12.7. The topological polar surface area (TPSA) is 81.6 Å². The molecule has 0 spiro atoms. The Balaban J connectivity index is 1.60. The van der Waals surface area contributed by atoms with E-state index in [2.05, 4.69) is 44.6 Å². The number of nitrogens with one attached hydrogen (secondary N) is 1. The highest BCUT2D eigenvalue weighted by atomic mass is 15.4. The number of anilines is 3. The van der Waals surface area contributed by atoms with Crippen LogP contribution in [0.4, 0.5) is 17.6 Å². The Morgan fingerprint density at radius 2 is 1.73 bits per heavy atom. The molecule has 3 N–H and O–H groups in total. The average Bonchev–Trinajstić information content (AvgIpc) is 3.05. The van der Waals surface area contributed by atoms with Crippen LogP contribution in [0.25, 0.3) is 16.9 Å². The average molecular weight is 342 g/mol. The lowest BCUT2D eigenvalue weighted by Crippen LogP contribution is -2.04.